The number of fused-ring (bicyclic) bond motifs is 1. The molecule has 4 aromatic carbocycles. The number of halogens is 4. The Labute approximate surface area is 210 Å². The van der Waals surface area contributed by atoms with Gasteiger partial charge in [0.15, 0.2) is 0 Å². The maximum Gasteiger partial charge on any atom is 0.416 e. The fourth-order valence-corrected chi connectivity index (χ4v) is 3.76. The van der Waals surface area contributed by atoms with E-state index in [-0.39, 0.29) is 22.9 Å². The zero-order chi connectivity index (χ0) is 25.7. The van der Waals surface area contributed by atoms with Gasteiger partial charge in [-0.25, -0.2) is 0 Å². The minimum absolute atomic E-state index is 0.0903. The van der Waals surface area contributed by atoms with E-state index in [0.717, 1.165) is 34.5 Å². The number of rotatable bonds is 6. The summed E-state index contributed by atoms with van der Waals surface area (Å²) in [6.07, 6.45) is -3.30. The largest absolute Gasteiger partial charge is 0.488 e. The number of anilines is 1. The second kappa shape index (κ2) is 10.5. The Hall–Kier alpha value is -4.28. The molecule has 36 heavy (non-hydrogen) atoms. The summed E-state index contributed by atoms with van der Waals surface area (Å²) in [5.74, 6) is -0.467. The standard InChI is InChI=1S/C28H18ClF3N2O2/c29-24-13-12-22(28(30,31)32)15-25(24)34-27(35)21(16-33)14-19-7-2-4-11-26(19)36-17-20-9-5-8-18-6-1-3-10-23(18)20/h1-15H,17H2,(H,34,35). The summed E-state index contributed by atoms with van der Waals surface area (Å²) in [5.41, 5.74) is -0.136. The van der Waals surface area contributed by atoms with E-state index in [0.29, 0.717) is 11.3 Å². The van der Waals surface area contributed by atoms with Crippen molar-refractivity contribution in [1.29, 1.82) is 5.26 Å². The number of ether oxygens (including phenoxy) is 1. The van der Waals surface area contributed by atoms with Crippen molar-refractivity contribution < 1.29 is 22.7 Å². The van der Waals surface area contributed by atoms with Gasteiger partial charge in [0, 0.05) is 5.56 Å². The summed E-state index contributed by atoms with van der Waals surface area (Å²) in [7, 11) is 0. The van der Waals surface area contributed by atoms with Gasteiger partial charge >= 0.3 is 6.18 Å². The summed E-state index contributed by atoms with van der Waals surface area (Å²) in [5, 5.41) is 13.9. The quantitative estimate of drug-likeness (QED) is 0.216. The molecule has 0 unspecified atom stereocenters. The van der Waals surface area contributed by atoms with Gasteiger partial charge in [-0.15, -0.1) is 0 Å². The first kappa shape index (κ1) is 24.8. The topological polar surface area (TPSA) is 62.1 Å². The first-order valence-electron chi connectivity index (χ1n) is 10.7. The van der Waals surface area contributed by atoms with Crippen LogP contribution in [0, 0.1) is 11.3 Å². The number of nitrogens with zero attached hydrogens (tertiary/aromatic N) is 1. The zero-order valence-corrected chi connectivity index (χ0v) is 19.4. The van der Waals surface area contributed by atoms with Crippen LogP contribution in [0.1, 0.15) is 16.7 Å². The Balaban J connectivity index is 1.57. The lowest BCUT2D eigenvalue weighted by Gasteiger charge is -2.12. The molecule has 0 saturated carbocycles. The SMILES string of the molecule is N#CC(=Cc1ccccc1OCc1cccc2ccccc12)C(=O)Nc1cc(C(F)(F)F)ccc1Cl. The lowest BCUT2D eigenvalue weighted by molar-refractivity contribution is -0.137. The normalized spacial score (nSPS) is 11.7. The molecule has 1 amide bonds. The van der Waals surface area contributed by atoms with Crippen molar-refractivity contribution >= 4 is 40.0 Å². The minimum atomic E-state index is -4.61. The number of hydrogen-bond acceptors (Lipinski definition) is 3. The number of nitrogens with one attached hydrogen (secondary N) is 1. The van der Waals surface area contributed by atoms with Crippen LogP contribution in [0.25, 0.3) is 16.8 Å². The lowest BCUT2D eigenvalue weighted by atomic mass is 10.1. The number of hydrogen-bond donors (Lipinski definition) is 1. The molecule has 0 aliphatic heterocycles. The van der Waals surface area contributed by atoms with Crippen molar-refractivity contribution in [2.45, 2.75) is 12.8 Å². The van der Waals surface area contributed by atoms with Crippen LogP contribution in [-0.4, -0.2) is 5.91 Å². The summed E-state index contributed by atoms with van der Waals surface area (Å²) < 4.78 is 45.1. The molecule has 0 atom stereocenters. The Morgan fingerprint density at radius 2 is 1.72 bits per heavy atom. The van der Waals surface area contributed by atoms with Crippen LogP contribution in [0.5, 0.6) is 5.75 Å². The molecule has 0 spiro atoms. The fourth-order valence-electron chi connectivity index (χ4n) is 3.60. The molecule has 8 heteroatoms. The Bertz CT molecular complexity index is 1500. The van der Waals surface area contributed by atoms with E-state index in [9.17, 15) is 23.2 Å². The number of carbonyl (C=O) groups excluding carboxylic acids is 1. The summed E-state index contributed by atoms with van der Waals surface area (Å²) in [4.78, 5) is 12.7. The molecule has 0 aromatic heterocycles. The van der Waals surface area contributed by atoms with Gasteiger partial charge in [-0.05, 0) is 46.7 Å². The van der Waals surface area contributed by atoms with Gasteiger partial charge in [-0.3, -0.25) is 4.79 Å². The average molecular weight is 507 g/mol. The molecule has 0 saturated heterocycles. The number of para-hydroxylation sites is 1. The van der Waals surface area contributed by atoms with Gasteiger partial charge in [-0.2, -0.15) is 18.4 Å². The third-order valence-corrected chi connectivity index (χ3v) is 5.72. The molecule has 1 N–H and O–H groups in total. The molecular weight excluding hydrogens is 489 g/mol. The molecule has 0 aliphatic carbocycles. The van der Waals surface area contributed by atoms with Crippen LogP contribution in [0.3, 0.4) is 0 Å². The first-order chi connectivity index (χ1) is 17.3. The van der Waals surface area contributed by atoms with E-state index in [1.165, 1.54) is 6.08 Å². The summed E-state index contributed by atoms with van der Waals surface area (Å²) in [6.45, 7) is 0.250. The van der Waals surface area contributed by atoms with Crippen LogP contribution in [-0.2, 0) is 17.6 Å². The van der Waals surface area contributed by atoms with Gasteiger partial charge in [-0.1, -0.05) is 72.3 Å². The van der Waals surface area contributed by atoms with E-state index >= 15 is 0 Å². The highest BCUT2D eigenvalue weighted by Gasteiger charge is 2.31. The molecule has 4 aromatic rings. The van der Waals surface area contributed by atoms with Crippen LogP contribution < -0.4 is 10.1 Å². The Kier molecular flexibility index (Phi) is 7.28. The van der Waals surface area contributed by atoms with E-state index in [1.54, 1.807) is 30.3 Å². The monoisotopic (exact) mass is 506 g/mol. The Morgan fingerprint density at radius 1 is 1.00 bits per heavy atom. The van der Waals surface area contributed by atoms with Crippen molar-refractivity contribution in [1.82, 2.24) is 0 Å². The smallest absolute Gasteiger partial charge is 0.416 e. The summed E-state index contributed by atoms with van der Waals surface area (Å²) in [6, 6.07) is 25.0. The maximum atomic E-state index is 13.0. The predicted octanol–water partition coefficient (Wildman–Crippen LogP) is 7.64. The van der Waals surface area contributed by atoms with Crippen molar-refractivity contribution in [2.75, 3.05) is 5.32 Å². The highest BCUT2D eigenvalue weighted by Crippen LogP contribution is 2.34. The van der Waals surface area contributed by atoms with Crippen LogP contribution in [0.2, 0.25) is 5.02 Å². The molecule has 0 fully saturated rings. The number of carbonyl (C=O) groups is 1. The van der Waals surface area contributed by atoms with Crippen LogP contribution in [0.4, 0.5) is 18.9 Å². The van der Waals surface area contributed by atoms with Gasteiger partial charge in [0.25, 0.3) is 5.91 Å². The van der Waals surface area contributed by atoms with E-state index < -0.39 is 17.6 Å². The third-order valence-electron chi connectivity index (χ3n) is 5.39. The van der Waals surface area contributed by atoms with Crippen molar-refractivity contribution in [3.8, 4) is 11.8 Å². The molecule has 180 valence electrons. The number of alkyl halides is 3. The van der Waals surface area contributed by atoms with Gasteiger partial charge in [0.05, 0.1) is 16.3 Å². The van der Waals surface area contributed by atoms with Crippen LogP contribution in [0.15, 0.2) is 90.5 Å². The minimum Gasteiger partial charge on any atom is -0.488 e. The molecule has 0 aliphatic rings. The second-order valence-corrected chi connectivity index (χ2v) is 8.19. The second-order valence-electron chi connectivity index (χ2n) is 7.78. The summed E-state index contributed by atoms with van der Waals surface area (Å²) >= 11 is 5.96. The van der Waals surface area contributed by atoms with Crippen LogP contribution >= 0.6 is 11.6 Å². The maximum absolute atomic E-state index is 13.0. The van der Waals surface area contributed by atoms with Gasteiger partial charge in [0.1, 0.15) is 24.0 Å². The molecule has 0 radical (unpaired) electrons. The predicted molar refractivity (Wildman–Crippen MR) is 133 cm³/mol. The first-order valence-corrected chi connectivity index (χ1v) is 11.1. The average Bonchev–Trinajstić information content (AvgIpc) is 2.87. The molecule has 0 bridgehead atoms. The molecular formula is C28H18ClF3N2O2. The molecule has 4 nitrogen and oxygen atoms in total. The van der Waals surface area contributed by atoms with E-state index in [2.05, 4.69) is 5.32 Å². The molecule has 4 rings (SSSR count). The van der Waals surface area contributed by atoms with E-state index in [4.69, 9.17) is 16.3 Å². The molecule has 0 heterocycles. The van der Waals surface area contributed by atoms with Gasteiger partial charge in [0.2, 0.25) is 0 Å². The lowest BCUT2D eigenvalue weighted by Crippen LogP contribution is -2.15. The number of amides is 1. The Morgan fingerprint density at radius 3 is 2.50 bits per heavy atom. The highest BCUT2D eigenvalue weighted by molar-refractivity contribution is 6.34. The van der Waals surface area contributed by atoms with E-state index in [1.807, 2.05) is 42.5 Å². The van der Waals surface area contributed by atoms with Gasteiger partial charge < -0.3 is 10.1 Å². The zero-order valence-electron chi connectivity index (χ0n) is 18.6. The van der Waals surface area contributed by atoms with Crippen molar-refractivity contribution in [3.63, 3.8) is 0 Å². The van der Waals surface area contributed by atoms with Crippen molar-refractivity contribution in [3.05, 3.63) is 112 Å². The third kappa shape index (κ3) is 5.68. The highest BCUT2D eigenvalue weighted by atomic mass is 35.5. The van der Waals surface area contributed by atoms with Crippen molar-refractivity contribution in [2.24, 2.45) is 0 Å². The fraction of sp³-hybridized carbons (Fsp3) is 0.0714. The number of nitriles is 1. The number of benzene rings is 4.